The lowest BCUT2D eigenvalue weighted by Crippen LogP contribution is -2.21. The van der Waals surface area contributed by atoms with E-state index in [2.05, 4.69) is 89.7 Å². The second-order valence-electron chi connectivity index (χ2n) is 11.6. The van der Waals surface area contributed by atoms with E-state index in [0.717, 1.165) is 60.4 Å². The molecule has 0 radical (unpaired) electrons. The molecule has 0 unspecified atom stereocenters. The number of para-hydroxylation sites is 1. The van der Waals surface area contributed by atoms with E-state index in [0.29, 0.717) is 17.4 Å². The Balaban J connectivity index is 1.34. The smallest absolute Gasteiger partial charge is 0.240 e. The molecule has 0 N–H and O–H groups in total. The van der Waals surface area contributed by atoms with Gasteiger partial charge in [0.1, 0.15) is 0 Å². The number of anilines is 1. The molecule has 1 aliphatic heterocycles. The average molecular weight is 696 g/mol. The van der Waals surface area contributed by atoms with E-state index in [1.54, 1.807) is 0 Å². The van der Waals surface area contributed by atoms with E-state index in [1.165, 1.54) is 5.56 Å². The summed E-state index contributed by atoms with van der Waals surface area (Å²) in [7, 11) is 0. The maximum absolute atomic E-state index is 6.48. The van der Waals surface area contributed by atoms with Crippen LogP contribution in [0.3, 0.4) is 0 Å². The molecule has 0 bridgehead atoms. The molecule has 0 fully saturated rings. The Morgan fingerprint density at radius 2 is 1.40 bits per heavy atom. The van der Waals surface area contributed by atoms with Crippen LogP contribution in [0.4, 0.5) is 5.95 Å². The highest BCUT2D eigenvalue weighted by Crippen LogP contribution is 2.41. The molecule has 228 valence electrons. The zero-order chi connectivity index (χ0) is 31.9. The number of aromatic nitrogens is 4. The molecule has 0 aliphatic carbocycles. The summed E-state index contributed by atoms with van der Waals surface area (Å²) in [5.41, 5.74) is 9.72. The van der Waals surface area contributed by atoms with Crippen LogP contribution in [0.2, 0.25) is 5.02 Å². The van der Waals surface area contributed by atoms with Gasteiger partial charge in [-0.25, -0.2) is 19.7 Å². The summed E-state index contributed by atoms with van der Waals surface area (Å²) in [5, 5.41) is 13.9. The number of aryl methyl sites for hydroxylation is 1. The highest BCUT2D eigenvalue weighted by molar-refractivity contribution is 9.10. The monoisotopic (exact) mass is 694 g/mol. The summed E-state index contributed by atoms with van der Waals surface area (Å²) in [6.07, 6.45) is 2.77. The molecule has 2 aromatic heterocycles. The normalized spacial score (nSPS) is 14.5. The second-order valence-corrected chi connectivity index (χ2v) is 12.9. The van der Waals surface area contributed by atoms with Gasteiger partial charge in [0.25, 0.3) is 0 Å². The first-order valence-electron chi connectivity index (χ1n) is 15.4. The van der Waals surface area contributed by atoms with Crippen molar-refractivity contribution in [3.05, 3.63) is 160 Å². The van der Waals surface area contributed by atoms with Crippen molar-refractivity contribution in [2.24, 2.45) is 5.10 Å². The summed E-state index contributed by atoms with van der Waals surface area (Å²) in [6, 6.07) is 42.7. The van der Waals surface area contributed by atoms with Gasteiger partial charge in [0.2, 0.25) is 5.95 Å². The molecule has 6 nitrogen and oxygen atoms in total. The predicted octanol–water partition coefficient (Wildman–Crippen LogP) is 10.2. The van der Waals surface area contributed by atoms with Gasteiger partial charge < -0.3 is 0 Å². The molecule has 47 heavy (non-hydrogen) atoms. The number of hydrogen-bond acceptors (Lipinski definition) is 5. The van der Waals surface area contributed by atoms with Crippen LogP contribution < -0.4 is 5.01 Å². The first kappa shape index (κ1) is 29.3. The summed E-state index contributed by atoms with van der Waals surface area (Å²) in [4.78, 5) is 10.3. The van der Waals surface area contributed by atoms with Crippen molar-refractivity contribution in [1.82, 2.24) is 19.7 Å². The molecule has 1 aliphatic rings. The van der Waals surface area contributed by atoms with Gasteiger partial charge in [-0.1, -0.05) is 118 Å². The Kier molecular flexibility index (Phi) is 7.64. The number of rotatable bonds is 6. The van der Waals surface area contributed by atoms with Gasteiger partial charge in [0, 0.05) is 44.2 Å². The number of fused-ring (bicyclic) bond motifs is 1. The molecule has 0 spiro atoms. The summed E-state index contributed by atoms with van der Waals surface area (Å²) < 4.78 is 2.97. The third-order valence-corrected chi connectivity index (χ3v) is 9.20. The van der Waals surface area contributed by atoms with Gasteiger partial charge in [-0.3, -0.25) is 0 Å². The van der Waals surface area contributed by atoms with Crippen molar-refractivity contribution in [1.29, 1.82) is 0 Å². The van der Waals surface area contributed by atoms with Crippen molar-refractivity contribution in [2.75, 3.05) is 5.01 Å². The zero-order valence-corrected chi connectivity index (χ0v) is 27.8. The molecule has 8 rings (SSSR count). The Bertz CT molecular complexity index is 2250. The van der Waals surface area contributed by atoms with Crippen LogP contribution in [0.25, 0.3) is 39.1 Å². The number of nitrogens with zero attached hydrogens (tertiary/aromatic N) is 6. The topological polar surface area (TPSA) is 59.2 Å². The Labute approximate surface area is 286 Å². The number of benzene rings is 5. The van der Waals surface area contributed by atoms with Crippen molar-refractivity contribution in [3.63, 3.8) is 0 Å². The van der Waals surface area contributed by atoms with Crippen molar-refractivity contribution in [2.45, 2.75) is 19.4 Å². The van der Waals surface area contributed by atoms with Gasteiger partial charge in [-0.15, -0.1) is 0 Å². The van der Waals surface area contributed by atoms with Crippen LogP contribution in [0.1, 0.15) is 29.2 Å². The molecule has 0 saturated heterocycles. The summed E-state index contributed by atoms with van der Waals surface area (Å²) >= 11 is 10.1. The van der Waals surface area contributed by atoms with E-state index in [9.17, 15) is 0 Å². The third-order valence-electron chi connectivity index (χ3n) is 8.43. The molecule has 7 aromatic rings. The van der Waals surface area contributed by atoms with Crippen molar-refractivity contribution >= 4 is 50.1 Å². The fourth-order valence-electron chi connectivity index (χ4n) is 6.04. The SMILES string of the molecule is Cc1ccc(-c2nn(-c3ccccc3)cc2[C@H]2CC(c3ccc(Br)cc3)=NN2c2nc(-c3ccccc3)c3cc(Cl)ccc3n2)cc1. The van der Waals surface area contributed by atoms with Gasteiger partial charge in [-0.2, -0.15) is 10.2 Å². The van der Waals surface area contributed by atoms with Crippen LogP contribution in [-0.2, 0) is 0 Å². The Morgan fingerprint density at radius 1 is 0.723 bits per heavy atom. The highest BCUT2D eigenvalue weighted by Gasteiger charge is 2.35. The Hall–Kier alpha value is -5.11. The molecule has 0 saturated carbocycles. The minimum absolute atomic E-state index is 0.226. The third kappa shape index (κ3) is 5.73. The average Bonchev–Trinajstić information content (AvgIpc) is 3.75. The highest BCUT2D eigenvalue weighted by atomic mass is 79.9. The molecule has 8 heteroatoms. The standard InChI is InChI=1S/C39H28BrClN6/c1-25-12-14-28(15-13-25)38-33(24-46(45-38)31-10-6-3-7-11-31)36-23-35(26-16-18-29(40)19-17-26)44-47(36)39-42-34-21-20-30(41)22-32(34)37(43-39)27-8-4-2-5-9-27/h2-22,24,36H,23H2,1H3/t36-/m1/s1. The largest absolute Gasteiger partial charge is 0.247 e. The van der Waals surface area contributed by atoms with E-state index in [-0.39, 0.29) is 6.04 Å². The van der Waals surface area contributed by atoms with Gasteiger partial charge >= 0.3 is 0 Å². The minimum Gasteiger partial charge on any atom is -0.240 e. The van der Waals surface area contributed by atoms with E-state index >= 15 is 0 Å². The van der Waals surface area contributed by atoms with Gasteiger partial charge in [0.05, 0.1) is 34.3 Å². The van der Waals surface area contributed by atoms with Crippen LogP contribution in [-0.4, -0.2) is 25.5 Å². The maximum Gasteiger partial charge on any atom is 0.247 e. The lowest BCUT2D eigenvalue weighted by Gasteiger charge is -2.23. The minimum atomic E-state index is -0.226. The quantitative estimate of drug-likeness (QED) is 0.174. The molecular formula is C39H28BrClN6. The van der Waals surface area contributed by atoms with Crippen LogP contribution in [0.15, 0.2) is 143 Å². The number of halogens is 2. The molecule has 3 heterocycles. The molecule has 5 aromatic carbocycles. The van der Waals surface area contributed by atoms with Gasteiger partial charge in [0.15, 0.2) is 0 Å². The lowest BCUT2D eigenvalue weighted by atomic mass is 9.96. The van der Waals surface area contributed by atoms with E-state index < -0.39 is 0 Å². The van der Waals surface area contributed by atoms with Crippen LogP contribution in [0.5, 0.6) is 0 Å². The maximum atomic E-state index is 6.48. The predicted molar refractivity (Wildman–Crippen MR) is 194 cm³/mol. The lowest BCUT2D eigenvalue weighted by molar-refractivity contribution is 0.690. The zero-order valence-electron chi connectivity index (χ0n) is 25.4. The van der Waals surface area contributed by atoms with Crippen LogP contribution >= 0.6 is 27.5 Å². The van der Waals surface area contributed by atoms with E-state index in [4.69, 9.17) is 31.8 Å². The summed E-state index contributed by atoms with van der Waals surface area (Å²) in [5.74, 6) is 0.512. The second kappa shape index (κ2) is 12.2. The molecule has 0 amide bonds. The van der Waals surface area contributed by atoms with Gasteiger partial charge in [-0.05, 0) is 55.0 Å². The number of hydrogen-bond donors (Lipinski definition) is 0. The fourth-order valence-corrected chi connectivity index (χ4v) is 6.48. The first-order chi connectivity index (χ1) is 23.0. The van der Waals surface area contributed by atoms with Crippen LogP contribution in [0, 0.1) is 6.92 Å². The van der Waals surface area contributed by atoms with Crippen molar-refractivity contribution in [3.8, 4) is 28.2 Å². The Morgan fingerprint density at radius 3 is 2.15 bits per heavy atom. The summed E-state index contributed by atoms with van der Waals surface area (Å²) in [6.45, 7) is 2.10. The molecule has 1 atom stereocenters. The first-order valence-corrected chi connectivity index (χ1v) is 16.5. The van der Waals surface area contributed by atoms with Crippen molar-refractivity contribution < 1.29 is 0 Å². The van der Waals surface area contributed by atoms with E-state index in [1.807, 2.05) is 76.4 Å². The molecular weight excluding hydrogens is 668 g/mol. The fraction of sp³-hybridized carbons (Fsp3) is 0.0769. The number of hydrazone groups is 1.